The molecule has 0 fully saturated rings. The van der Waals surface area contributed by atoms with Gasteiger partial charge in [0, 0.05) is 23.6 Å². The van der Waals surface area contributed by atoms with Crippen LogP contribution in [0.4, 0.5) is 5.69 Å². The minimum absolute atomic E-state index is 0.129. The first-order valence-corrected chi connectivity index (χ1v) is 6.11. The van der Waals surface area contributed by atoms with Gasteiger partial charge in [0.25, 0.3) is 5.91 Å². The molecule has 0 aliphatic rings. The van der Waals surface area contributed by atoms with Gasteiger partial charge >= 0.3 is 0 Å². The van der Waals surface area contributed by atoms with E-state index in [2.05, 4.69) is 24.1 Å². The fourth-order valence-corrected chi connectivity index (χ4v) is 1.76. The van der Waals surface area contributed by atoms with E-state index in [1.165, 1.54) is 0 Å². The van der Waals surface area contributed by atoms with E-state index < -0.39 is 0 Å². The second-order valence-electron chi connectivity index (χ2n) is 4.28. The Hall–Kier alpha value is -1.58. The number of carbonyl (C=O) groups excluding carboxylic acids is 1. The Labute approximate surface area is 103 Å². The fraction of sp³-hybridized carbons (Fsp3) is 0.538. The topological polar surface area (TPSA) is 68.0 Å². The van der Waals surface area contributed by atoms with Crippen molar-refractivity contribution in [1.29, 1.82) is 0 Å². The highest BCUT2D eigenvalue weighted by Gasteiger charge is 2.14. The van der Waals surface area contributed by atoms with Gasteiger partial charge in [-0.3, -0.25) is 9.78 Å². The van der Waals surface area contributed by atoms with E-state index >= 15 is 0 Å². The first-order chi connectivity index (χ1) is 8.08. The lowest BCUT2D eigenvalue weighted by Gasteiger charge is -2.16. The maximum Gasteiger partial charge on any atom is 0.255 e. The number of pyridine rings is 1. The molecule has 1 unspecified atom stereocenters. The number of rotatable bonds is 5. The number of amides is 1. The van der Waals surface area contributed by atoms with Crippen LogP contribution < -0.4 is 11.1 Å². The van der Waals surface area contributed by atoms with Gasteiger partial charge in [0.1, 0.15) is 0 Å². The summed E-state index contributed by atoms with van der Waals surface area (Å²) in [5.74, 6) is -0.129. The monoisotopic (exact) mass is 235 g/mol. The highest BCUT2D eigenvalue weighted by atomic mass is 16.1. The van der Waals surface area contributed by atoms with E-state index in [1.807, 2.05) is 6.92 Å². The van der Waals surface area contributed by atoms with Crippen molar-refractivity contribution in [3.8, 4) is 0 Å². The number of hydrogen-bond donors (Lipinski definition) is 2. The maximum atomic E-state index is 12.0. The fourth-order valence-electron chi connectivity index (χ4n) is 1.76. The second kappa shape index (κ2) is 6.23. The van der Waals surface area contributed by atoms with Crippen LogP contribution in [-0.4, -0.2) is 16.9 Å². The molecule has 0 saturated heterocycles. The Morgan fingerprint density at radius 2 is 2.24 bits per heavy atom. The summed E-state index contributed by atoms with van der Waals surface area (Å²) in [4.78, 5) is 16.1. The molecule has 1 aromatic rings. The van der Waals surface area contributed by atoms with Crippen LogP contribution in [0.5, 0.6) is 0 Å². The molecule has 0 aromatic carbocycles. The standard InChI is InChI=1S/C13H21N3O/c1-4-6-10(5-2)16-13(17)11-8-15-9(3)7-12(11)14/h7-8,10H,4-6H2,1-3H3,(H2,14,15)(H,16,17). The zero-order chi connectivity index (χ0) is 12.8. The number of nitrogens with two attached hydrogens (primary N) is 1. The molecular weight excluding hydrogens is 214 g/mol. The van der Waals surface area contributed by atoms with Crippen LogP contribution in [0.15, 0.2) is 12.3 Å². The Morgan fingerprint density at radius 1 is 1.53 bits per heavy atom. The third-order valence-corrected chi connectivity index (χ3v) is 2.78. The van der Waals surface area contributed by atoms with Crippen molar-refractivity contribution in [1.82, 2.24) is 10.3 Å². The van der Waals surface area contributed by atoms with Gasteiger partial charge in [-0.2, -0.15) is 0 Å². The normalized spacial score (nSPS) is 12.2. The zero-order valence-corrected chi connectivity index (χ0v) is 10.8. The number of hydrogen-bond acceptors (Lipinski definition) is 3. The van der Waals surface area contributed by atoms with Crippen molar-refractivity contribution in [3.05, 3.63) is 23.5 Å². The van der Waals surface area contributed by atoms with Gasteiger partial charge in [-0.1, -0.05) is 20.3 Å². The minimum atomic E-state index is -0.129. The molecule has 4 heteroatoms. The predicted octanol–water partition coefficient (Wildman–Crippen LogP) is 2.28. The molecule has 1 heterocycles. The molecule has 3 N–H and O–H groups in total. The predicted molar refractivity (Wildman–Crippen MR) is 69.8 cm³/mol. The Kier molecular flexibility index (Phi) is 4.94. The Morgan fingerprint density at radius 3 is 2.76 bits per heavy atom. The van der Waals surface area contributed by atoms with Gasteiger partial charge in [-0.05, 0) is 25.8 Å². The van der Waals surface area contributed by atoms with Crippen LogP contribution >= 0.6 is 0 Å². The third-order valence-electron chi connectivity index (χ3n) is 2.78. The number of nitrogen functional groups attached to an aromatic ring is 1. The van der Waals surface area contributed by atoms with Gasteiger partial charge in [0.2, 0.25) is 0 Å². The molecule has 1 amide bonds. The molecular formula is C13H21N3O. The quantitative estimate of drug-likeness (QED) is 0.822. The van der Waals surface area contributed by atoms with Gasteiger partial charge in [-0.15, -0.1) is 0 Å². The molecule has 0 saturated carbocycles. The zero-order valence-electron chi connectivity index (χ0n) is 10.8. The number of nitrogens with one attached hydrogen (secondary N) is 1. The minimum Gasteiger partial charge on any atom is -0.398 e. The molecule has 0 radical (unpaired) electrons. The van der Waals surface area contributed by atoms with Crippen molar-refractivity contribution in [2.75, 3.05) is 5.73 Å². The number of nitrogens with zero attached hydrogens (tertiary/aromatic N) is 1. The molecule has 0 bridgehead atoms. The van der Waals surface area contributed by atoms with Crippen molar-refractivity contribution >= 4 is 11.6 Å². The second-order valence-corrected chi connectivity index (χ2v) is 4.28. The summed E-state index contributed by atoms with van der Waals surface area (Å²) in [6.07, 6.45) is 4.51. The average Bonchev–Trinajstić information content (AvgIpc) is 2.28. The molecule has 4 nitrogen and oxygen atoms in total. The number of carbonyl (C=O) groups is 1. The van der Waals surface area contributed by atoms with E-state index in [4.69, 9.17) is 5.73 Å². The number of aryl methyl sites for hydroxylation is 1. The van der Waals surface area contributed by atoms with Crippen LogP contribution in [0.25, 0.3) is 0 Å². The van der Waals surface area contributed by atoms with Crippen LogP contribution in [0.1, 0.15) is 49.2 Å². The van der Waals surface area contributed by atoms with Crippen molar-refractivity contribution in [2.24, 2.45) is 0 Å². The summed E-state index contributed by atoms with van der Waals surface area (Å²) in [5, 5.41) is 2.99. The number of aromatic nitrogens is 1. The molecule has 1 rings (SSSR count). The number of anilines is 1. The van der Waals surface area contributed by atoms with E-state index in [0.717, 1.165) is 25.0 Å². The van der Waals surface area contributed by atoms with Gasteiger partial charge in [0.15, 0.2) is 0 Å². The maximum absolute atomic E-state index is 12.0. The van der Waals surface area contributed by atoms with Crippen LogP contribution in [0, 0.1) is 6.92 Å². The van der Waals surface area contributed by atoms with E-state index in [1.54, 1.807) is 12.3 Å². The lowest BCUT2D eigenvalue weighted by Crippen LogP contribution is -2.34. The highest BCUT2D eigenvalue weighted by molar-refractivity contribution is 5.98. The lowest BCUT2D eigenvalue weighted by atomic mass is 10.1. The van der Waals surface area contributed by atoms with E-state index in [0.29, 0.717) is 11.3 Å². The largest absolute Gasteiger partial charge is 0.398 e. The van der Waals surface area contributed by atoms with Crippen LogP contribution in [0.3, 0.4) is 0 Å². The van der Waals surface area contributed by atoms with E-state index in [9.17, 15) is 4.79 Å². The molecule has 1 aromatic heterocycles. The van der Waals surface area contributed by atoms with E-state index in [-0.39, 0.29) is 11.9 Å². The lowest BCUT2D eigenvalue weighted by molar-refractivity contribution is 0.0934. The first-order valence-electron chi connectivity index (χ1n) is 6.11. The SMILES string of the molecule is CCCC(CC)NC(=O)c1cnc(C)cc1N. The van der Waals surface area contributed by atoms with Crippen molar-refractivity contribution in [3.63, 3.8) is 0 Å². The third kappa shape index (κ3) is 3.73. The van der Waals surface area contributed by atoms with Crippen molar-refractivity contribution in [2.45, 2.75) is 46.1 Å². The van der Waals surface area contributed by atoms with Gasteiger partial charge < -0.3 is 11.1 Å². The molecule has 0 spiro atoms. The molecule has 94 valence electrons. The summed E-state index contributed by atoms with van der Waals surface area (Å²) in [5.41, 5.74) is 7.58. The molecule has 1 atom stereocenters. The summed E-state index contributed by atoms with van der Waals surface area (Å²) in [7, 11) is 0. The Balaban J connectivity index is 2.75. The Bertz CT molecular complexity index is 390. The summed E-state index contributed by atoms with van der Waals surface area (Å²) in [6.45, 7) is 6.03. The first kappa shape index (κ1) is 13.5. The average molecular weight is 235 g/mol. The summed E-state index contributed by atoms with van der Waals surface area (Å²) in [6, 6.07) is 1.93. The van der Waals surface area contributed by atoms with Crippen LogP contribution in [-0.2, 0) is 0 Å². The molecule has 0 aliphatic carbocycles. The van der Waals surface area contributed by atoms with Crippen LogP contribution in [0.2, 0.25) is 0 Å². The summed E-state index contributed by atoms with van der Waals surface area (Å²) >= 11 is 0. The van der Waals surface area contributed by atoms with Crippen molar-refractivity contribution < 1.29 is 4.79 Å². The van der Waals surface area contributed by atoms with Gasteiger partial charge in [-0.25, -0.2) is 0 Å². The molecule has 0 aliphatic heterocycles. The highest BCUT2D eigenvalue weighted by Crippen LogP contribution is 2.12. The smallest absolute Gasteiger partial charge is 0.255 e. The summed E-state index contributed by atoms with van der Waals surface area (Å²) < 4.78 is 0. The van der Waals surface area contributed by atoms with Gasteiger partial charge in [0.05, 0.1) is 5.56 Å². The molecule has 17 heavy (non-hydrogen) atoms.